The first-order valence-corrected chi connectivity index (χ1v) is 6.84. The first-order valence-electron chi connectivity index (χ1n) is 6.84. The zero-order valence-corrected chi connectivity index (χ0v) is 11.0. The first-order chi connectivity index (χ1) is 9.11. The fraction of sp³-hybridized carbons (Fsp3) is 0.714. The molecule has 1 aliphatic heterocycles. The lowest BCUT2D eigenvalue weighted by atomic mass is 9.82. The van der Waals surface area contributed by atoms with Crippen LogP contribution in [0.25, 0.3) is 0 Å². The minimum atomic E-state index is -0.835. The van der Waals surface area contributed by atoms with Gasteiger partial charge in [-0.25, -0.2) is 0 Å². The van der Waals surface area contributed by atoms with Gasteiger partial charge in [0.2, 0.25) is 5.91 Å². The molecule has 0 aromatic carbocycles. The molecule has 1 N–H and O–H groups in total. The summed E-state index contributed by atoms with van der Waals surface area (Å²) >= 11 is 0. The summed E-state index contributed by atoms with van der Waals surface area (Å²) in [5, 5.41) is 9.37. The van der Waals surface area contributed by atoms with E-state index in [0.717, 1.165) is 12.8 Å². The quantitative estimate of drug-likeness (QED) is 0.765. The van der Waals surface area contributed by atoms with E-state index in [9.17, 15) is 14.7 Å². The molecule has 0 spiro atoms. The number of carboxylic acids is 1. The SMILES string of the molecule is COC1CCN(C(=O)[C@H]2C3C=CC(C3)[C@H]2C(=O)O)C1. The number of allylic oxidation sites excluding steroid dienone is 2. The molecule has 1 saturated carbocycles. The van der Waals surface area contributed by atoms with Gasteiger partial charge in [0.25, 0.3) is 0 Å². The van der Waals surface area contributed by atoms with Gasteiger partial charge in [-0.05, 0) is 24.7 Å². The van der Waals surface area contributed by atoms with E-state index in [-0.39, 0.29) is 29.8 Å². The van der Waals surface area contributed by atoms with Gasteiger partial charge < -0.3 is 14.7 Å². The molecule has 1 saturated heterocycles. The number of aliphatic carboxylic acids is 1. The Morgan fingerprint density at radius 2 is 1.95 bits per heavy atom. The summed E-state index contributed by atoms with van der Waals surface area (Å²) in [6, 6.07) is 0. The van der Waals surface area contributed by atoms with Gasteiger partial charge in [-0.3, -0.25) is 9.59 Å². The predicted molar refractivity (Wildman–Crippen MR) is 67.3 cm³/mol. The molecule has 5 heteroatoms. The Morgan fingerprint density at radius 3 is 2.53 bits per heavy atom. The minimum absolute atomic E-state index is 0.00352. The number of carbonyl (C=O) groups is 2. The van der Waals surface area contributed by atoms with Gasteiger partial charge in [0.1, 0.15) is 0 Å². The summed E-state index contributed by atoms with van der Waals surface area (Å²) in [6.07, 6.45) is 5.75. The number of hydrogen-bond donors (Lipinski definition) is 1. The van der Waals surface area contributed by atoms with Crippen molar-refractivity contribution in [2.24, 2.45) is 23.7 Å². The second-order valence-electron chi connectivity index (χ2n) is 5.77. The Kier molecular flexibility index (Phi) is 3.09. The predicted octanol–water partition coefficient (Wildman–Crippen LogP) is 0.757. The topological polar surface area (TPSA) is 66.8 Å². The van der Waals surface area contributed by atoms with Crippen molar-refractivity contribution in [1.29, 1.82) is 0 Å². The Labute approximate surface area is 112 Å². The molecular weight excluding hydrogens is 246 g/mol. The molecule has 2 bridgehead atoms. The second-order valence-corrected chi connectivity index (χ2v) is 5.77. The monoisotopic (exact) mass is 265 g/mol. The first kappa shape index (κ1) is 12.7. The van der Waals surface area contributed by atoms with E-state index in [4.69, 9.17) is 4.74 Å². The van der Waals surface area contributed by atoms with Crippen molar-refractivity contribution in [3.05, 3.63) is 12.2 Å². The number of ether oxygens (including phenoxy) is 1. The molecule has 3 unspecified atom stereocenters. The normalized spacial score (nSPS) is 40.1. The number of nitrogens with zero attached hydrogens (tertiary/aromatic N) is 1. The van der Waals surface area contributed by atoms with Crippen LogP contribution in [0.4, 0.5) is 0 Å². The summed E-state index contributed by atoms with van der Waals surface area (Å²) in [5.74, 6) is -1.59. The molecule has 5 atom stereocenters. The minimum Gasteiger partial charge on any atom is -0.481 e. The van der Waals surface area contributed by atoms with Gasteiger partial charge in [-0.15, -0.1) is 0 Å². The molecule has 104 valence electrons. The van der Waals surface area contributed by atoms with Gasteiger partial charge in [-0.1, -0.05) is 12.2 Å². The molecule has 0 radical (unpaired) electrons. The van der Waals surface area contributed by atoms with Gasteiger partial charge in [0.05, 0.1) is 17.9 Å². The van der Waals surface area contributed by atoms with E-state index in [1.54, 1.807) is 12.0 Å². The molecule has 3 aliphatic rings. The van der Waals surface area contributed by atoms with Crippen LogP contribution in [0.1, 0.15) is 12.8 Å². The number of carboxylic acid groups (broad SMARTS) is 1. The molecule has 0 aromatic heterocycles. The molecule has 0 aromatic rings. The largest absolute Gasteiger partial charge is 0.481 e. The number of carbonyl (C=O) groups excluding carboxylic acids is 1. The number of methoxy groups -OCH3 is 1. The van der Waals surface area contributed by atoms with Crippen LogP contribution in [-0.4, -0.2) is 48.2 Å². The van der Waals surface area contributed by atoms with E-state index < -0.39 is 11.9 Å². The fourth-order valence-electron chi connectivity index (χ4n) is 3.83. The molecule has 5 nitrogen and oxygen atoms in total. The molecule has 19 heavy (non-hydrogen) atoms. The molecule has 3 rings (SSSR count). The van der Waals surface area contributed by atoms with E-state index in [2.05, 4.69) is 0 Å². The molecule has 2 aliphatic carbocycles. The zero-order valence-electron chi connectivity index (χ0n) is 11.0. The number of fused-ring (bicyclic) bond motifs is 2. The van der Waals surface area contributed by atoms with E-state index in [1.165, 1.54) is 0 Å². The van der Waals surface area contributed by atoms with Crippen molar-refractivity contribution < 1.29 is 19.4 Å². The van der Waals surface area contributed by atoms with Crippen LogP contribution in [0.2, 0.25) is 0 Å². The highest BCUT2D eigenvalue weighted by molar-refractivity contribution is 5.87. The van der Waals surface area contributed by atoms with Crippen LogP contribution in [0, 0.1) is 23.7 Å². The Balaban J connectivity index is 1.76. The van der Waals surface area contributed by atoms with Gasteiger partial charge in [0.15, 0.2) is 0 Å². The highest BCUT2D eigenvalue weighted by Gasteiger charge is 2.53. The highest BCUT2D eigenvalue weighted by atomic mass is 16.5. The molecule has 1 heterocycles. The maximum absolute atomic E-state index is 12.6. The maximum Gasteiger partial charge on any atom is 0.307 e. The number of hydrogen-bond acceptors (Lipinski definition) is 3. The maximum atomic E-state index is 12.6. The molecular formula is C14H19NO4. The van der Waals surface area contributed by atoms with Crippen molar-refractivity contribution in [1.82, 2.24) is 4.90 Å². The van der Waals surface area contributed by atoms with Crippen molar-refractivity contribution in [2.45, 2.75) is 18.9 Å². The summed E-state index contributed by atoms with van der Waals surface area (Å²) in [5.41, 5.74) is 0. The number of rotatable bonds is 3. The summed E-state index contributed by atoms with van der Waals surface area (Å²) in [4.78, 5) is 25.8. The smallest absolute Gasteiger partial charge is 0.307 e. The average molecular weight is 265 g/mol. The van der Waals surface area contributed by atoms with Crippen LogP contribution >= 0.6 is 0 Å². The summed E-state index contributed by atoms with van der Waals surface area (Å²) in [6.45, 7) is 1.28. The number of likely N-dealkylation sites (tertiary alicyclic amines) is 1. The van der Waals surface area contributed by atoms with Crippen molar-refractivity contribution in [3.8, 4) is 0 Å². The Morgan fingerprint density at radius 1 is 1.26 bits per heavy atom. The van der Waals surface area contributed by atoms with Crippen LogP contribution < -0.4 is 0 Å². The zero-order chi connectivity index (χ0) is 13.6. The van der Waals surface area contributed by atoms with Gasteiger partial charge >= 0.3 is 5.97 Å². The Bertz CT molecular complexity index is 433. The highest BCUT2D eigenvalue weighted by Crippen LogP contribution is 2.49. The van der Waals surface area contributed by atoms with E-state index >= 15 is 0 Å². The lowest BCUT2D eigenvalue weighted by molar-refractivity contribution is -0.150. The average Bonchev–Trinajstić information content (AvgIpc) is 3.11. The lowest BCUT2D eigenvalue weighted by Crippen LogP contribution is -2.42. The van der Waals surface area contributed by atoms with E-state index in [0.29, 0.717) is 13.1 Å². The van der Waals surface area contributed by atoms with Crippen LogP contribution in [0.3, 0.4) is 0 Å². The van der Waals surface area contributed by atoms with Crippen LogP contribution in [0.5, 0.6) is 0 Å². The second kappa shape index (κ2) is 4.63. The van der Waals surface area contributed by atoms with Crippen molar-refractivity contribution in [2.75, 3.05) is 20.2 Å². The third kappa shape index (κ3) is 1.96. The third-order valence-corrected chi connectivity index (χ3v) is 4.82. The van der Waals surface area contributed by atoms with Gasteiger partial charge in [-0.2, -0.15) is 0 Å². The third-order valence-electron chi connectivity index (χ3n) is 4.82. The standard InChI is InChI=1S/C14H19NO4/c1-19-10-4-5-15(7-10)13(16)11-8-2-3-9(6-8)12(11)14(17)18/h2-3,8-12H,4-7H2,1H3,(H,17,18)/t8?,9?,10?,11-,12+/m0/s1. The Hall–Kier alpha value is -1.36. The van der Waals surface area contributed by atoms with Crippen molar-refractivity contribution >= 4 is 11.9 Å². The fourth-order valence-corrected chi connectivity index (χ4v) is 3.83. The van der Waals surface area contributed by atoms with Crippen LogP contribution in [0.15, 0.2) is 12.2 Å². The van der Waals surface area contributed by atoms with Gasteiger partial charge in [0, 0.05) is 20.2 Å². The molecule has 1 amide bonds. The summed E-state index contributed by atoms with van der Waals surface area (Å²) in [7, 11) is 1.65. The summed E-state index contributed by atoms with van der Waals surface area (Å²) < 4.78 is 5.27. The number of amides is 1. The lowest BCUT2D eigenvalue weighted by Gasteiger charge is -2.28. The van der Waals surface area contributed by atoms with E-state index in [1.807, 2.05) is 12.2 Å². The molecule has 2 fully saturated rings. The van der Waals surface area contributed by atoms with Crippen LogP contribution in [-0.2, 0) is 14.3 Å². The van der Waals surface area contributed by atoms with Crippen molar-refractivity contribution in [3.63, 3.8) is 0 Å².